The number of hydrogen-bond acceptors (Lipinski definition) is 7. The van der Waals surface area contributed by atoms with Gasteiger partial charge in [0.2, 0.25) is 5.91 Å². The maximum Gasteiger partial charge on any atom is 0.272 e. The van der Waals surface area contributed by atoms with E-state index in [4.69, 9.17) is 9.47 Å². The number of ether oxygens (including phenoxy) is 2. The van der Waals surface area contributed by atoms with E-state index in [1.54, 1.807) is 26.4 Å². The average Bonchev–Trinajstić information content (AvgIpc) is 2.93. The lowest BCUT2D eigenvalue weighted by Crippen LogP contribution is -2.43. The highest BCUT2D eigenvalue weighted by Gasteiger charge is 2.23. The third-order valence-electron chi connectivity index (χ3n) is 6.47. The number of halogens is 1. The van der Waals surface area contributed by atoms with Crippen molar-refractivity contribution in [3.63, 3.8) is 0 Å². The van der Waals surface area contributed by atoms with Crippen LogP contribution in [-0.2, 0) is 11.2 Å². The number of benzene rings is 2. The minimum Gasteiger partial charge on any atom is -0.493 e. The van der Waals surface area contributed by atoms with Crippen molar-refractivity contribution in [3.8, 4) is 11.5 Å². The second-order valence-electron chi connectivity index (χ2n) is 8.93. The van der Waals surface area contributed by atoms with E-state index < -0.39 is 10.7 Å². The molecule has 1 fully saturated rings. The molecule has 38 heavy (non-hydrogen) atoms. The molecule has 2 aromatic carbocycles. The molecule has 1 N–H and O–H groups in total. The highest BCUT2D eigenvalue weighted by molar-refractivity contribution is 5.86. The van der Waals surface area contributed by atoms with Crippen molar-refractivity contribution < 1.29 is 23.6 Å². The quantitative estimate of drug-likeness (QED) is 0.317. The monoisotopic (exact) mass is 526 g/mol. The molecule has 1 saturated heterocycles. The van der Waals surface area contributed by atoms with Gasteiger partial charge in [-0.15, -0.1) is 0 Å². The Morgan fingerprint density at radius 1 is 1.21 bits per heavy atom. The Morgan fingerprint density at radius 3 is 2.68 bits per heavy atom. The van der Waals surface area contributed by atoms with Crippen molar-refractivity contribution in [2.24, 2.45) is 5.92 Å². The third-order valence-corrected chi connectivity index (χ3v) is 6.47. The van der Waals surface area contributed by atoms with Crippen LogP contribution in [0.2, 0.25) is 0 Å². The highest BCUT2D eigenvalue weighted by Crippen LogP contribution is 2.34. The van der Waals surface area contributed by atoms with E-state index in [0.717, 1.165) is 42.9 Å². The topological polar surface area (TPSA) is 107 Å². The molecule has 0 spiro atoms. The van der Waals surface area contributed by atoms with Gasteiger partial charge in [0.15, 0.2) is 11.5 Å². The lowest BCUT2D eigenvalue weighted by atomic mass is 9.99. The number of piperidine rings is 1. The highest BCUT2D eigenvalue weighted by atomic mass is 19.1. The molecule has 9 nitrogen and oxygen atoms in total. The first kappa shape index (κ1) is 28.8. The van der Waals surface area contributed by atoms with Crippen LogP contribution in [0.15, 0.2) is 42.6 Å². The SMILES string of the molecule is CC.CNC(=O)CN1CCCC(COc2cc3nccc(Cc4ccc([N+](=O)[O-])cc4F)c3cc2OC)C1. The number of carbonyl (C=O) groups excluding carboxylic acids is 1. The van der Waals surface area contributed by atoms with Crippen LogP contribution < -0.4 is 14.8 Å². The number of fused-ring (bicyclic) bond motifs is 1. The van der Waals surface area contributed by atoms with E-state index in [9.17, 15) is 19.3 Å². The Balaban J connectivity index is 0.00000195. The van der Waals surface area contributed by atoms with Crippen LogP contribution in [-0.4, -0.2) is 61.1 Å². The van der Waals surface area contributed by atoms with Crippen molar-refractivity contribution in [1.82, 2.24) is 15.2 Å². The summed E-state index contributed by atoms with van der Waals surface area (Å²) in [7, 11) is 3.20. The van der Waals surface area contributed by atoms with Gasteiger partial charge in [0.25, 0.3) is 5.69 Å². The third kappa shape index (κ3) is 7.16. The van der Waals surface area contributed by atoms with Gasteiger partial charge in [0.1, 0.15) is 5.82 Å². The fourth-order valence-electron chi connectivity index (χ4n) is 4.56. The first-order valence-electron chi connectivity index (χ1n) is 12.8. The molecular weight excluding hydrogens is 491 g/mol. The molecule has 1 aliphatic heterocycles. The summed E-state index contributed by atoms with van der Waals surface area (Å²) < 4.78 is 26.2. The fourth-order valence-corrected chi connectivity index (χ4v) is 4.56. The molecule has 1 aromatic heterocycles. The minimum atomic E-state index is -0.626. The first-order chi connectivity index (χ1) is 18.4. The number of carbonyl (C=O) groups is 1. The number of hydrogen-bond donors (Lipinski definition) is 1. The molecule has 0 saturated carbocycles. The Bertz CT molecular complexity index is 1270. The van der Waals surface area contributed by atoms with Crippen LogP contribution in [0, 0.1) is 21.8 Å². The Labute approximate surface area is 222 Å². The van der Waals surface area contributed by atoms with Gasteiger partial charge >= 0.3 is 0 Å². The van der Waals surface area contributed by atoms with Crippen LogP contribution in [0.4, 0.5) is 10.1 Å². The lowest BCUT2D eigenvalue weighted by molar-refractivity contribution is -0.385. The number of non-ortho nitro benzene ring substituents is 1. The average molecular weight is 527 g/mol. The molecule has 1 aliphatic rings. The van der Waals surface area contributed by atoms with Crippen LogP contribution in [0.3, 0.4) is 0 Å². The molecule has 10 heteroatoms. The molecule has 0 bridgehead atoms. The Hall–Kier alpha value is -3.79. The number of aromatic nitrogens is 1. The number of methoxy groups -OCH3 is 1. The van der Waals surface area contributed by atoms with Crippen molar-refractivity contribution in [2.75, 3.05) is 40.4 Å². The van der Waals surface area contributed by atoms with Crippen molar-refractivity contribution in [3.05, 3.63) is 69.7 Å². The second kappa shape index (κ2) is 13.7. The summed E-state index contributed by atoms with van der Waals surface area (Å²) in [5.74, 6) is 0.772. The normalized spacial score (nSPS) is 15.3. The van der Waals surface area contributed by atoms with Crippen LogP contribution in [0.25, 0.3) is 10.9 Å². The number of nitrogens with one attached hydrogen (secondary N) is 1. The summed E-state index contributed by atoms with van der Waals surface area (Å²) in [6, 6.07) is 9.12. The Morgan fingerprint density at radius 2 is 2.00 bits per heavy atom. The smallest absolute Gasteiger partial charge is 0.272 e. The summed E-state index contributed by atoms with van der Waals surface area (Å²) in [4.78, 5) is 28.6. The number of nitrogens with zero attached hydrogens (tertiary/aromatic N) is 3. The van der Waals surface area contributed by atoms with E-state index in [2.05, 4.69) is 15.2 Å². The van der Waals surface area contributed by atoms with Gasteiger partial charge < -0.3 is 14.8 Å². The van der Waals surface area contributed by atoms with E-state index in [1.807, 2.05) is 26.0 Å². The Kier molecular flexibility index (Phi) is 10.3. The largest absolute Gasteiger partial charge is 0.493 e. The molecule has 0 radical (unpaired) electrons. The van der Waals surface area contributed by atoms with Crippen molar-refractivity contribution in [2.45, 2.75) is 33.1 Å². The fraction of sp³-hybridized carbons (Fsp3) is 0.429. The number of amides is 1. The molecular formula is C28H35FN4O5. The standard InChI is InChI=1S/C26H29FN4O5.C2H6/c1-28-26(32)15-30-9-3-4-17(14-30)16-36-25-13-23-21(12-24(25)35-2)18(7-8-29-23)10-19-5-6-20(31(33)34)11-22(19)27;1-2/h5-8,11-13,17H,3-4,9-10,14-16H2,1-2H3,(H,28,32);1-2H3. The van der Waals surface area contributed by atoms with E-state index in [0.29, 0.717) is 35.7 Å². The summed E-state index contributed by atoms with van der Waals surface area (Å²) in [5.41, 5.74) is 1.56. The number of nitro benzene ring substituents is 1. The van der Waals surface area contributed by atoms with E-state index in [1.165, 1.54) is 12.1 Å². The molecule has 1 atom stereocenters. The van der Waals surface area contributed by atoms with Gasteiger partial charge in [0.05, 0.1) is 36.8 Å². The summed E-state index contributed by atoms with van der Waals surface area (Å²) >= 11 is 0. The summed E-state index contributed by atoms with van der Waals surface area (Å²) in [6.07, 6.45) is 3.91. The van der Waals surface area contributed by atoms with E-state index in [-0.39, 0.29) is 23.9 Å². The van der Waals surface area contributed by atoms with Gasteiger partial charge in [0, 0.05) is 49.6 Å². The number of likely N-dealkylation sites (N-methyl/N-ethyl adjacent to an activating group) is 1. The zero-order valence-electron chi connectivity index (χ0n) is 22.3. The van der Waals surface area contributed by atoms with Gasteiger partial charge in [-0.3, -0.25) is 24.8 Å². The zero-order valence-corrected chi connectivity index (χ0v) is 22.3. The molecule has 1 amide bonds. The molecule has 4 rings (SSSR count). The lowest BCUT2D eigenvalue weighted by Gasteiger charge is -2.32. The zero-order chi connectivity index (χ0) is 27.7. The maximum absolute atomic E-state index is 14.5. The van der Waals surface area contributed by atoms with Gasteiger partial charge in [-0.1, -0.05) is 13.8 Å². The van der Waals surface area contributed by atoms with Crippen molar-refractivity contribution in [1.29, 1.82) is 0 Å². The van der Waals surface area contributed by atoms with Gasteiger partial charge in [-0.05, 0) is 48.7 Å². The molecule has 2 heterocycles. The summed E-state index contributed by atoms with van der Waals surface area (Å²) in [5, 5.41) is 14.4. The number of likely N-dealkylation sites (tertiary alicyclic amines) is 1. The molecule has 3 aromatic rings. The van der Waals surface area contributed by atoms with Gasteiger partial charge in [-0.25, -0.2) is 4.39 Å². The van der Waals surface area contributed by atoms with E-state index >= 15 is 0 Å². The van der Waals surface area contributed by atoms with Crippen LogP contribution in [0.1, 0.15) is 37.8 Å². The predicted octanol–water partition coefficient (Wildman–Crippen LogP) is 4.74. The van der Waals surface area contributed by atoms with Crippen LogP contribution >= 0.6 is 0 Å². The minimum absolute atomic E-state index is 0.00301. The van der Waals surface area contributed by atoms with Crippen molar-refractivity contribution >= 4 is 22.5 Å². The second-order valence-corrected chi connectivity index (χ2v) is 8.93. The predicted molar refractivity (Wildman–Crippen MR) is 144 cm³/mol. The van der Waals surface area contributed by atoms with Gasteiger partial charge in [-0.2, -0.15) is 0 Å². The first-order valence-corrected chi connectivity index (χ1v) is 12.8. The number of nitro groups is 1. The maximum atomic E-state index is 14.5. The molecule has 1 unspecified atom stereocenters. The summed E-state index contributed by atoms with van der Waals surface area (Å²) in [6.45, 7) is 6.55. The number of rotatable bonds is 9. The number of pyridine rings is 1. The van der Waals surface area contributed by atoms with Crippen LogP contribution in [0.5, 0.6) is 11.5 Å². The molecule has 204 valence electrons. The molecule has 0 aliphatic carbocycles.